The number of nitrogens with one attached hydrogen (secondary N) is 1. The topological polar surface area (TPSA) is 41.6 Å². The van der Waals surface area contributed by atoms with Crippen molar-refractivity contribution in [3.63, 3.8) is 0 Å². The average molecular weight is 325 g/mol. The van der Waals surface area contributed by atoms with Crippen molar-refractivity contribution in [2.24, 2.45) is 11.8 Å². The number of piperidine rings is 1. The summed E-state index contributed by atoms with van der Waals surface area (Å²) >= 11 is 0. The zero-order valence-corrected chi connectivity index (χ0v) is 15.2. The van der Waals surface area contributed by atoms with E-state index in [2.05, 4.69) is 17.1 Å². The van der Waals surface area contributed by atoms with Crippen molar-refractivity contribution in [3.8, 4) is 0 Å². The van der Waals surface area contributed by atoms with Gasteiger partial charge >= 0.3 is 5.97 Å². The van der Waals surface area contributed by atoms with Crippen LogP contribution in [0.25, 0.3) is 0 Å². The molecule has 4 heteroatoms. The minimum atomic E-state index is -0.0654. The van der Waals surface area contributed by atoms with Crippen LogP contribution in [0.15, 0.2) is 0 Å². The van der Waals surface area contributed by atoms with E-state index in [1.165, 1.54) is 71.7 Å². The highest BCUT2D eigenvalue weighted by Crippen LogP contribution is 2.25. The minimum absolute atomic E-state index is 0.0654. The maximum Gasteiger partial charge on any atom is 0.305 e. The number of likely N-dealkylation sites (tertiary alicyclic amines) is 1. The second kappa shape index (κ2) is 10.3. The zero-order valence-electron chi connectivity index (χ0n) is 15.2. The standard InChI is InChI=1S/C19H36N2O2/c1-3-11-21-14-17(9-10-19(22)23-2)12-18(15-21)20-13-16-7-5-4-6-8-16/h16-18,20H,3-15H2,1-2H3. The number of hydrogen-bond acceptors (Lipinski definition) is 4. The van der Waals surface area contributed by atoms with Crippen LogP contribution in [-0.2, 0) is 9.53 Å². The third-order valence-corrected chi connectivity index (χ3v) is 5.56. The Hall–Kier alpha value is -0.610. The van der Waals surface area contributed by atoms with Gasteiger partial charge in [-0.2, -0.15) is 0 Å². The van der Waals surface area contributed by atoms with E-state index in [4.69, 9.17) is 4.74 Å². The molecule has 1 N–H and O–H groups in total. The zero-order chi connectivity index (χ0) is 16.5. The fraction of sp³-hybridized carbons (Fsp3) is 0.947. The molecule has 0 aromatic carbocycles. The summed E-state index contributed by atoms with van der Waals surface area (Å²) in [6.45, 7) is 6.94. The summed E-state index contributed by atoms with van der Waals surface area (Å²) in [6.07, 6.45) is 11.0. The fourth-order valence-electron chi connectivity index (χ4n) is 4.31. The molecule has 0 amide bonds. The third kappa shape index (κ3) is 6.80. The van der Waals surface area contributed by atoms with E-state index in [1.54, 1.807) is 0 Å². The lowest BCUT2D eigenvalue weighted by Crippen LogP contribution is -2.50. The van der Waals surface area contributed by atoms with Crippen LogP contribution in [0.4, 0.5) is 0 Å². The molecule has 0 aromatic rings. The van der Waals surface area contributed by atoms with Gasteiger partial charge in [0.05, 0.1) is 7.11 Å². The molecular weight excluding hydrogens is 288 g/mol. The summed E-state index contributed by atoms with van der Waals surface area (Å²) in [5, 5.41) is 3.85. The third-order valence-electron chi connectivity index (χ3n) is 5.56. The van der Waals surface area contributed by atoms with E-state index in [1.807, 2.05) is 0 Å². The molecule has 2 atom stereocenters. The average Bonchev–Trinajstić information content (AvgIpc) is 2.59. The van der Waals surface area contributed by atoms with Gasteiger partial charge in [0.1, 0.15) is 0 Å². The number of esters is 1. The monoisotopic (exact) mass is 324 g/mol. The van der Waals surface area contributed by atoms with Crippen molar-refractivity contribution < 1.29 is 9.53 Å². The second-order valence-electron chi connectivity index (χ2n) is 7.59. The lowest BCUT2D eigenvalue weighted by molar-refractivity contribution is -0.141. The summed E-state index contributed by atoms with van der Waals surface area (Å²) in [5.74, 6) is 1.45. The largest absolute Gasteiger partial charge is 0.469 e. The summed E-state index contributed by atoms with van der Waals surface area (Å²) in [7, 11) is 1.49. The van der Waals surface area contributed by atoms with Gasteiger partial charge in [-0.25, -0.2) is 0 Å². The van der Waals surface area contributed by atoms with Crippen molar-refractivity contribution in [3.05, 3.63) is 0 Å². The molecular formula is C19H36N2O2. The second-order valence-corrected chi connectivity index (χ2v) is 7.59. The highest BCUT2D eigenvalue weighted by molar-refractivity contribution is 5.69. The Morgan fingerprint density at radius 1 is 1.17 bits per heavy atom. The van der Waals surface area contributed by atoms with Gasteiger partial charge in [-0.15, -0.1) is 0 Å². The Bertz CT molecular complexity index is 342. The molecule has 0 aromatic heterocycles. The maximum absolute atomic E-state index is 11.4. The summed E-state index contributed by atoms with van der Waals surface area (Å²) in [6, 6.07) is 0.597. The maximum atomic E-state index is 11.4. The molecule has 2 fully saturated rings. The van der Waals surface area contributed by atoms with Crippen LogP contribution in [0.3, 0.4) is 0 Å². The van der Waals surface area contributed by atoms with Gasteiger partial charge in [-0.3, -0.25) is 4.79 Å². The van der Waals surface area contributed by atoms with Gasteiger partial charge in [-0.05, 0) is 57.0 Å². The van der Waals surface area contributed by atoms with Crippen molar-refractivity contribution in [2.75, 3.05) is 33.3 Å². The van der Waals surface area contributed by atoms with Crippen molar-refractivity contribution in [2.45, 2.75) is 70.8 Å². The van der Waals surface area contributed by atoms with E-state index in [9.17, 15) is 4.79 Å². The number of rotatable bonds is 8. The van der Waals surface area contributed by atoms with Gasteiger partial charge in [0.15, 0.2) is 0 Å². The van der Waals surface area contributed by atoms with Crippen LogP contribution in [0.1, 0.15) is 64.7 Å². The van der Waals surface area contributed by atoms with E-state index in [0.717, 1.165) is 18.9 Å². The van der Waals surface area contributed by atoms with Crippen LogP contribution in [0.2, 0.25) is 0 Å². The Balaban J connectivity index is 1.78. The molecule has 134 valence electrons. The number of ether oxygens (including phenoxy) is 1. The molecule has 23 heavy (non-hydrogen) atoms. The highest BCUT2D eigenvalue weighted by Gasteiger charge is 2.27. The van der Waals surface area contributed by atoms with Gasteiger partial charge in [0.2, 0.25) is 0 Å². The first-order valence-corrected chi connectivity index (χ1v) is 9.73. The van der Waals surface area contributed by atoms with Crippen molar-refractivity contribution >= 4 is 5.97 Å². The SMILES string of the molecule is CCCN1CC(CCC(=O)OC)CC(NCC2CCCCC2)C1. The molecule has 0 radical (unpaired) electrons. The first kappa shape index (κ1) is 18.7. The molecule has 1 saturated heterocycles. The Labute approximate surface area is 142 Å². The number of carbonyl (C=O) groups is 1. The summed E-state index contributed by atoms with van der Waals surface area (Å²) in [4.78, 5) is 14.0. The fourth-order valence-corrected chi connectivity index (χ4v) is 4.31. The number of carbonyl (C=O) groups excluding carboxylic acids is 1. The number of nitrogens with zero attached hydrogens (tertiary/aromatic N) is 1. The Morgan fingerprint density at radius 2 is 1.96 bits per heavy atom. The Morgan fingerprint density at radius 3 is 2.65 bits per heavy atom. The van der Waals surface area contributed by atoms with Crippen molar-refractivity contribution in [1.82, 2.24) is 10.2 Å². The summed E-state index contributed by atoms with van der Waals surface area (Å²) < 4.78 is 4.80. The van der Waals surface area contributed by atoms with Crippen LogP contribution < -0.4 is 5.32 Å². The number of methoxy groups -OCH3 is 1. The molecule has 2 rings (SSSR count). The molecule has 2 unspecified atom stereocenters. The summed E-state index contributed by atoms with van der Waals surface area (Å²) in [5.41, 5.74) is 0. The molecule has 1 saturated carbocycles. The van der Waals surface area contributed by atoms with Crippen LogP contribution in [0.5, 0.6) is 0 Å². The molecule has 0 bridgehead atoms. The minimum Gasteiger partial charge on any atom is -0.469 e. The van der Waals surface area contributed by atoms with Gasteiger partial charge in [0.25, 0.3) is 0 Å². The Kier molecular flexibility index (Phi) is 8.38. The van der Waals surface area contributed by atoms with Gasteiger partial charge in [0, 0.05) is 25.6 Å². The quantitative estimate of drug-likeness (QED) is 0.696. The van der Waals surface area contributed by atoms with Crippen LogP contribution in [-0.4, -0.2) is 50.2 Å². The molecule has 2 aliphatic rings. The normalized spacial score (nSPS) is 27.0. The van der Waals surface area contributed by atoms with Crippen LogP contribution in [0, 0.1) is 11.8 Å². The first-order chi connectivity index (χ1) is 11.2. The van der Waals surface area contributed by atoms with E-state index in [0.29, 0.717) is 18.4 Å². The van der Waals surface area contributed by atoms with Crippen molar-refractivity contribution in [1.29, 1.82) is 0 Å². The van der Waals surface area contributed by atoms with E-state index < -0.39 is 0 Å². The van der Waals surface area contributed by atoms with Crippen LogP contribution >= 0.6 is 0 Å². The van der Waals surface area contributed by atoms with Gasteiger partial charge in [-0.1, -0.05) is 26.2 Å². The highest BCUT2D eigenvalue weighted by atomic mass is 16.5. The molecule has 1 aliphatic heterocycles. The van der Waals surface area contributed by atoms with Gasteiger partial charge < -0.3 is 15.0 Å². The lowest BCUT2D eigenvalue weighted by atomic mass is 9.87. The molecule has 0 spiro atoms. The predicted octanol–water partition coefficient (Wildman–Crippen LogP) is 3.21. The first-order valence-electron chi connectivity index (χ1n) is 9.73. The molecule has 1 heterocycles. The van der Waals surface area contributed by atoms with E-state index >= 15 is 0 Å². The predicted molar refractivity (Wildman–Crippen MR) is 94.5 cm³/mol. The molecule has 1 aliphatic carbocycles. The smallest absolute Gasteiger partial charge is 0.305 e. The van der Waals surface area contributed by atoms with E-state index in [-0.39, 0.29) is 5.97 Å². The number of hydrogen-bond donors (Lipinski definition) is 1. The lowest BCUT2D eigenvalue weighted by Gasteiger charge is -2.39. The molecule has 4 nitrogen and oxygen atoms in total.